The topological polar surface area (TPSA) is 86.7 Å². The Bertz CT molecular complexity index is 964. The second-order valence-corrected chi connectivity index (χ2v) is 9.10. The lowest BCUT2D eigenvalue weighted by Crippen LogP contribution is -2.36. The fourth-order valence-corrected chi connectivity index (χ4v) is 3.87. The number of rotatable bonds is 9. The molecule has 1 heterocycles. The minimum Gasteiger partial charge on any atom is -0.357 e. The van der Waals surface area contributed by atoms with E-state index in [1.807, 2.05) is 18.3 Å². The van der Waals surface area contributed by atoms with Crippen molar-refractivity contribution in [3.8, 4) is 0 Å². The Morgan fingerprint density at radius 1 is 1.10 bits per heavy atom. The van der Waals surface area contributed by atoms with E-state index in [9.17, 15) is 12.8 Å². The van der Waals surface area contributed by atoms with Crippen LogP contribution in [0.2, 0.25) is 0 Å². The molecule has 0 bridgehead atoms. The van der Waals surface area contributed by atoms with Gasteiger partial charge in [0.05, 0.1) is 5.75 Å². The van der Waals surface area contributed by atoms with Crippen molar-refractivity contribution in [2.45, 2.75) is 32.7 Å². The minimum atomic E-state index is -3.22. The number of anilines is 1. The summed E-state index contributed by atoms with van der Waals surface area (Å²) in [6.07, 6.45) is 2.98. The standard InChI is InChI=1S/C21H30FN5O2S.HI/c1-5-27(6-2)20-10-7-16(12-24-20)13-25-21(23-3)26-14-18-11-19(22)9-8-17(18)15-30(4,28)29;/h7-12H,5-6,13-15H2,1-4H3,(H2,23,25,26);1H. The highest BCUT2D eigenvalue weighted by atomic mass is 127. The van der Waals surface area contributed by atoms with Gasteiger partial charge in [-0.3, -0.25) is 4.99 Å². The summed E-state index contributed by atoms with van der Waals surface area (Å²) in [4.78, 5) is 10.8. The summed E-state index contributed by atoms with van der Waals surface area (Å²) in [7, 11) is -1.58. The Kier molecular flexibility index (Phi) is 11.2. The molecule has 0 aliphatic carbocycles. The normalized spacial score (nSPS) is 11.6. The average Bonchev–Trinajstić information content (AvgIpc) is 2.71. The molecular weight excluding hydrogens is 532 g/mol. The Morgan fingerprint density at radius 3 is 2.32 bits per heavy atom. The first-order valence-corrected chi connectivity index (χ1v) is 11.9. The SMILES string of the molecule is CCN(CC)c1ccc(CNC(=NC)NCc2cc(F)ccc2CS(C)(=O)=O)cn1.I. The summed E-state index contributed by atoms with van der Waals surface area (Å²) in [5.41, 5.74) is 2.14. The number of guanidine groups is 1. The first-order chi connectivity index (χ1) is 14.3. The summed E-state index contributed by atoms with van der Waals surface area (Å²) in [6, 6.07) is 8.12. The van der Waals surface area contributed by atoms with Gasteiger partial charge in [-0.1, -0.05) is 12.1 Å². The summed E-state index contributed by atoms with van der Waals surface area (Å²) < 4.78 is 36.9. The molecule has 10 heteroatoms. The molecule has 172 valence electrons. The van der Waals surface area contributed by atoms with Gasteiger partial charge in [-0.2, -0.15) is 0 Å². The fourth-order valence-electron chi connectivity index (χ4n) is 3.02. The number of benzene rings is 1. The van der Waals surface area contributed by atoms with Crippen molar-refractivity contribution < 1.29 is 12.8 Å². The number of hydrogen-bond acceptors (Lipinski definition) is 5. The van der Waals surface area contributed by atoms with E-state index < -0.39 is 15.7 Å². The molecule has 2 N–H and O–H groups in total. The fraction of sp³-hybridized carbons (Fsp3) is 0.429. The third-order valence-electron chi connectivity index (χ3n) is 4.61. The van der Waals surface area contributed by atoms with Crippen molar-refractivity contribution in [1.82, 2.24) is 15.6 Å². The number of aromatic nitrogens is 1. The minimum absolute atomic E-state index is 0. The zero-order valence-corrected chi connectivity index (χ0v) is 21.5. The van der Waals surface area contributed by atoms with Gasteiger partial charge < -0.3 is 15.5 Å². The lowest BCUT2D eigenvalue weighted by Gasteiger charge is -2.19. The molecule has 1 aromatic carbocycles. The van der Waals surface area contributed by atoms with E-state index in [1.54, 1.807) is 7.05 Å². The zero-order chi connectivity index (χ0) is 22.1. The molecule has 0 unspecified atom stereocenters. The second-order valence-electron chi connectivity index (χ2n) is 6.96. The van der Waals surface area contributed by atoms with Crippen LogP contribution >= 0.6 is 24.0 Å². The van der Waals surface area contributed by atoms with E-state index in [4.69, 9.17) is 0 Å². The molecule has 2 rings (SSSR count). The van der Waals surface area contributed by atoms with Crippen molar-refractivity contribution in [3.63, 3.8) is 0 Å². The smallest absolute Gasteiger partial charge is 0.191 e. The van der Waals surface area contributed by atoms with Crippen molar-refractivity contribution in [1.29, 1.82) is 0 Å². The first kappa shape index (κ1) is 27.1. The second kappa shape index (κ2) is 12.8. The first-order valence-electron chi connectivity index (χ1n) is 9.85. The van der Waals surface area contributed by atoms with E-state index in [2.05, 4.69) is 39.4 Å². The van der Waals surface area contributed by atoms with Gasteiger partial charge in [0.15, 0.2) is 15.8 Å². The van der Waals surface area contributed by atoms with Crippen molar-refractivity contribution in [2.24, 2.45) is 4.99 Å². The van der Waals surface area contributed by atoms with Crippen molar-refractivity contribution >= 4 is 45.6 Å². The van der Waals surface area contributed by atoms with E-state index in [1.165, 1.54) is 18.2 Å². The number of pyridine rings is 1. The molecule has 2 aromatic rings. The van der Waals surface area contributed by atoms with Crippen LogP contribution in [0.15, 0.2) is 41.5 Å². The largest absolute Gasteiger partial charge is 0.357 e. The summed E-state index contributed by atoms with van der Waals surface area (Å²) in [5.74, 6) is 0.917. The molecular formula is C21H31FIN5O2S. The van der Waals surface area contributed by atoms with E-state index >= 15 is 0 Å². The van der Waals surface area contributed by atoms with Crippen LogP contribution in [0.25, 0.3) is 0 Å². The lowest BCUT2D eigenvalue weighted by molar-refractivity contribution is 0.599. The molecule has 1 aromatic heterocycles. The molecule has 0 aliphatic heterocycles. The van der Waals surface area contributed by atoms with Crippen LogP contribution in [0.3, 0.4) is 0 Å². The number of nitrogens with one attached hydrogen (secondary N) is 2. The van der Waals surface area contributed by atoms with Gasteiger partial charge in [0.2, 0.25) is 0 Å². The molecule has 0 saturated carbocycles. The van der Waals surface area contributed by atoms with Gasteiger partial charge in [0, 0.05) is 45.7 Å². The summed E-state index contributed by atoms with van der Waals surface area (Å²) in [6.45, 7) is 6.76. The molecule has 0 atom stereocenters. The quantitative estimate of drug-likeness (QED) is 0.277. The third kappa shape index (κ3) is 8.98. The molecule has 7 nitrogen and oxygen atoms in total. The Labute approximate surface area is 201 Å². The van der Waals surface area contributed by atoms with Crippen LogP contribution in [0.5, 0.6) is 0 Å². The van der Waals surface area contributed by atoms with Crippen molar-refractivity contribution in [3.05, 3.63) is 59.0 Å². The van der Waals surface area contributed by atoms with Gasteiger partial charge in [0.1, 0.15) is 11.6 Å². The molecule has 0 aliphatic rings. The van der Waals surface area contributed by atoms with E-state index in [0.717, 1.165) is 30.7 Å². The molecule has 0 amide bonds. The third-order valence-corrected chi connectivity index (χ3v) is 5.45. The maximum absolute atomic E-state index is 13.7. The highest BCUT2D eigenvalue weighted by molar-refractivity contribution is 14.0. The molecule has 0 fully saturated rings. The Balaban J connectivity index is 0.00000480. The number of nitrogens with zero attached hydrogens (tertiary/aromatic N) is 3. The van der Waals surface area contributed by atoms with E-state index in [-0.39, 0.29) is 36.3 Å². The number of hydrogen-bond donors (Lipinski definition) is 2. The van der Waals surface area contributed by atoms with E-state index in [0.29, 0.717) is 23.6 Å². The predicted molar refractivity (Wildman–Crippen MR) is 135 cm³/mol. The maximum Gasteiger partial charge on any atom is 0.191 e. The van der Waals surface area contributed by atoms with Gasteiger partial charge in [-0.05, 0) is 48.7 Å². The number of sulfone groups is 1. The van der Waals surface area contributed by atoms with Gasteiger partial charge in [-0.25, -0.2) is 17.8 Å². The number of aliphatic imine (C=N–C) groups is 1. The number of halogens is 2. The van der Waals surface area contributed by atoms with Crippen LogP contribution in [-0.4, -0.2) is 45.8 Å². The molecule has 0 saturated heterocycles. The molecule has 0 spiro atoms. The van der Waals surface area contributed by atoms with Crippen LogP contribution in [0, 0.1) is 5.82 Å². The van der Waals surface area contributed by atoms with Gasteiger partial charge in [-0.15, -0.1) is 24.0 Å². The van der Waals surface area contributed by atoms with Crippen LogP contribution in [-0.2, 0) is 28.7 Å². The van der Waals surface area contributed by atoms with Gasteiger partial charge in [0.25, 0.3) is 0 Å². The average molecular weight is 563 g/mol. The van der Waals surface area contributed by atoms with Crippen LogP contribution in [0.4, 0.5) is 10.2 Å². The monoisotopic (exact) mass is 563 g/mol. The lowest BCUT2D eigenvalue weighted by atomic mass is 10.1. The summed E-state index contributed by atoms with van der Waals surface area (Å²) in [5, 5.41) is 6.29. The predicted octanol–water partition coefficient (Wildman–Crippen LogP) is 3.09. The van der Waals surface area contributed by atoms with Gasteiger partial charge >= 0.3 is 0 Å². The Morgan fingerprint density at radius 2 is 1.77 bits per heavy atom. The summed E-state index contributed by atoms with van der Waals surface area (Å²) >= 11 is 0. The highest BCUT2D eigenvalue weighted by Crippen LogP contribution is 2.14. The highest BCUT2D eigenvalue weighted by Gasteiger charge is 2.11. The zero-order valence-electron chi connectivity index (χ0n) is 18.4. The van der Waals surface area contributed by atoms with Crippen LogP contribution < -0.4 is 15.5 Å². The Hall–Kier alpha value is -1.95. The van der Waals surface area contributed by atoms with Crippen molar-refractivity contribution in [2.75, 3.05) is 31.3 Å². The maximum atomic E-state index is 13.7. The van der Waals surface area contributed by atoms with Crippen LogP contribution in [0.1, 0.15) is 30.5 Å². The molecule has 0 radical (unpaired) electrons. The molecule has 31 heavy (non-hydrogen) atoms.